The van der Waals surface area contributed by atoms with Gasteiger partial charge in [0.25, 0.3) is 0 Å². The molecule has 0 aliphatic rings. The molecule has 2 aromatic carbocycles. The number of hydrogen-bond donors (Lipinski definition) is 2. The van der Waals surface area contributed by atoms with E-state index in [-0.39, 0.29) is 0 Å². The Morgan fingerprint density at radius 1 is 1.14 bits per heavy atom. The maximum atomic E-state index is 5.25. The van der Waals surface area contributed by atoms with Crippen LogP contribution in [0.3, 0.4) is 0 Å². The van der Waals surface area contributed by atoms with E-state index in [1.165, 1.54) is 0 Å². The molecule has 0 bridgehead atoms. The molecule has 2 rings (SSSR count). The van der Waals surface area contributed by atoms with Crippen molar-refractivity contribution in [2.75, 3.05) is 12.4 Å². The Bertz CT molecular complexity index is 655. The predicted octanol–water partition coefficient (Wildman–Crippen LogP) is 3.32. The summed E-state index contributed by atoms with van der Waals surface area (Å²) in [4.78, 5) is 0. The Hall–Kier alpha value is -2.40. The number of nitrogens with zero attached hydrogens (tertiary/aromatic N) is 1. The minimum Gasteiger partial charge on any atom is -0.495 e. The summed E-state index contributed by atoms with van der Waals surface area (Å²) in [5.74, 6) is 0.726. The zero-order valence-electron chi connectivity index (χ0n) is 12.0. The van der Waals surface area contributed by atoms with Gasteiger partial charge in [0.15, 0.2) is 5.11 Å². The molecule has 0 aromatic heterocycles. The lowest BCUT2D eigenvalue weighted by Gasteiger charge is -2.10. The average Bonchev–Trinajstić information content (AvgIpc) is 2.50. The van der Waals surface area contributed by atoms with E-state index in [0.29, 0.717) is 5.11 Å². The Balaban J connectivity index is 1.95. The summed E-state index contributed by atoms with van der Waals surface area (Å²) in [6.07, 6.45) is 1.74. The van der Waals surface area contributed by atoms with Gasteiger partial charge in [0, 0.05) is 0 Å². The van der Waals surface area contributed by atoms with Gasteiger partial charge in [-0.25, -0.2) is 0 Å². The Kier molecular flexibility index (Phi) is 5.29. The maximum Gasteiger partial charge on any atom is 0.191 e. The highest BCUT2D eigenvalue weighted by molar-refractivity contribution is 7.80. The summed E-state index contributed by atoms with van der Waals surface area (Å²) in [5, 5.41) is 7.59. The molecular formula is C16H17N3OS. The summed E-state index contributed by atoms with van der Waals surface area (Å²) in [6, 6.07) is 15.6. The molecule has 0 heterocycles. The molecule has 2 aromatic rings. The molecule has 108 valence electrons. The van der Waals surface area contributed by atoms with E-state index in [2.05, 4.69) is 15.8 Å². The van der Waals surface area contributed by atoms with E-state index < -0.39 is 0 Å². The van der Waals surface area contributed by atoms with Crippen LogP contribution >= 0.6 is 12.2 Å². The molecule has 0 unspecified atom stereocenters. The normalized spacial score (nSPS) is 10.4. The SMILES string of the molecule is COc1ccccc1NC(=S)NN=Cc1ccccc1C. The number of ether oxygens (including phenoxy) is 1. The lowest BCUT2D eigenvalue weighted by molar-refractivity contribution is 0.417. The second-order valence-electron chi connectivity index (χ2n) is 4.38. The van der Waals surface area contributed by atoms with Gasteiger partial charge in [-0.2, -0.15) is 5.10 Å². The molecule has 0 spiro atoms. The third kappa shape index (κ3) is 4.29. The molecule has 2 N–H and O–H groups in total. The molecule has 21 heavy (non-hydrogen) atoms. The van der Waals surface area contributed by atoms with Crippen molar-refractivity contribution in [1.29, 1.82) is 0 Å². The van der Waals surface area contributed by atoms with Gasteiger partial charge in [0.1, 0.15) is 5.75 Å². The highest BCUT2D eigenvalue weighted by Crippen LogP contribution is 2.22. The first-order chi connectivity index (χ1) is 10.2. The molecular weight excluding hydrogens is 282 g/mol. The summed E-state index contributed by atoms with van der Waals surface area (Å²) >= 11 is 5.20. The number of anilines is 1. The van der Waals surface area contributed by atoms with Gasteiger partial charge < -0.3 is 10.1 Å². The van der Waals surface area contributed by atoms with Crippen molar-refractivity contribution >= 4 is 29.2 Å². The minimum atomic E-state index is 0.407. The van der Waals surface area contributed by atoms with Crippen LogP contribution in [0.4, 0.5) is 5.69 Å². The number of nitrogens with one attached hydrogen (secondary N) is 2. The topological polar surface area (TPSA) is 45.6 Å². The van der Waals surface area contributed by atoms with Crippen molar-refractivity contribution in [2.24, 2.45) is 5.10 Å². The monoisotopic (exact) mass is 299 g/mol. The molecule has 0 radical (unpaired) electrons. The minimum absolute atomic E-state index is 0.407. The molecule has 4 nitrogen and oxygen atoms in total. The van der Waals surface area contributed by atoms with Crippen molar-refractivity contribution in [2.45, 2.75) is 6.92 Å². The number of rotatable bonds is 4. The summed E-state index contributed by atoms with van der Waals surface area (Å²) in [7, 11) is 1.62. The Labute approximate surface area is 129 Å². The largest absolute Gasteiger partial charge is 0.495 e. The molecule has 0 aliphatic heterocycles. The van der Waals surface area contributed by atoms with Gasteiger partial charge in [0.2, 0.25) is 0 Å². The quantitative estimate of drug-likeness (QED) is 0.516. The smallest absolute Gasteiger partial charge is 0.191 e. The molecule has 0 aliphatic carbocycles. The Morgan fingerprint density at radius 3 is 2.62 bits per heavy atom. The first-order valence-corrected chi connectivity index (χ1v) is 6.90. The number of hydrazone groups is 1. The number of para-hydroxylation sites is 2. The van der Waals surface area contributed by atoms with Crippen molar-refractivity contribution in [1.82, 2.24) is 5.43 Å². The highest BCUT2D eigenvalue weighted by atomic mass is 32.1. The first-order valence-electron chi connectivity index (χ1n) is 6.49. The van der Waals surface area contributed by atoms with Crippen LogP contribution in [0.5, 0.6) is 5.75 Å². The second-order valence-corrected chi connectivity index (χ2v) is 4.79. The number of benzene rings is 2. The van der Waals surface area contributed by atoms with Crippen molar-refractivity contribution in [3.8, 4) is 5.75 Å². The van der Waals surface area contributed by atoms with Gasteiger partial charge in [-0.3, -0.25) is 5.43 Å². The number of methoxy groups -OCH3 is 1. The maximum absolute atomic E-state index is 5.25. The van der Waals surface area contributed by atoms with Crippen molar-refractivity contribution in [3.05, 3.63) is 59.7 Å². The molecule has 0 saturated carbocycles. The second kappa shape index (κ2) is 7.40. The molecule has 0 atom stereocenters. The summed E-state index contributed by atoms with van der Waals surface area (Å²) < 4.78 is 5.25. The molecule has 0 fully saturated rings. The average molecular weight is 299 g/mol. The lowest BCUT2D eigenvalue weighted by atomic mass is 10.1. The number of aryl methyl sites for hydroxylation is 1. The van der Waals surface area contributed by atoms with Gasteiger partial charge >= 0.3 is 0 Å². The van der Waals surface area contributed by atoms with E-state index >= 15 is 0 Å². The highest BCUT2D eigenvalue weighted by Gasteiger charge is 2.02. The first kappa shape index (κ1) is 15.0. The third-order valence-corrected chi connectivity index (χ3v) is 3.11. The lowest BCUT2D eigenvalue weighted by Crippen LogP contribution is -2.24. The molecule has 0 amide bonds. The third-order valence-electron chi connectivity index (χ3n) is 2.91. The summed E-state index contributed by atoms with van der Waals surface area (Å²) in [6.45, 7) is 2.03. The van der Waals surface area contributed by atoms with E-state index in [1.54, 1.807) is 13.3 Å². The van der Waals surface area contributed by atoms with Gasteiger partial charge in [-0.15, -0.1) is 0 Å². The van der Waals surface area contributed by atoms with Crippen LogP contribution in [0.25, 0.3) is 0 Å². The standard InChI is InChI=1S/C16H17N3OS/c1-12-7-3-4-8-13(12)11-17-19-16(21)18-14-9-5-6-10-15(14)20-2/h3-11H,1-2H3,(H2,18,19,21). The van der Waals surface area contributed by atoms with Crippen molar-refractivity contribution in [3.63, 3.8) is 0 Å². The van der Waals surface area contributed by atoms with E-state index in [4.69, 9.17) is 17.0 Å². The van der Waals surface area contributed by atoms with Crippen LogP contribution in [0, 0.1) is 6.92 Å². The fourth-order valence-corrected chi connectivity index (χ4v) is 1.95. The predicted molar refractivity (Wildman–Crippen MR) is 91.1 cm³/mol. The fraction of sp³-hybridized carbons (Fsp3) is 0.125. The van der Waals surface area contributed by atoms with Crippen LogP contribution in [0.15, 0.2) is 53.6 Å². The van der Waals surface area contributed by atoms with Crippen LogP contribution in [-0.4, -0.2) is 18.4 Å². The van der Waals surface area contributed by atoms with Crippen molar-refractivity contribution < 1.29 is 4.74 Å². The van der Waals surface area contributed by atoms with Gasteiger partial charge in [0.05, 0.1) is 19.0 Å². The van der Waals surface area contributed by atoms with Gasteiger partial charge in [-0.05, 0) is 42.4 Å². The summed E-state index contributed by atoms with van der Waals surface area (Å²) in [5.41, 5.74) is 5.79. The Morgan fingerprint density at radius 2 is 1.86 bits per heavy atom. The number of thiocarbonyl (C=S) groups is 1. The van der Waals surface area contributed by atoms with Crippen LogP contribution in [-0.2, 0) is 0 Å². The van der Waals surface area contributed by atoms with E-state index in [0.717, 1.165) is 22.6 Å². The zero-order valence-corrected chi connectivity index (χ0v) is 12.8. The van der Waals surface area contributed by atoms with Crippen LogP contribution in [0.2, 0.25) is 0 Å². The van der Waals surface area contributed by atoms with E-state index in [1.807, 2.05) is 55.5 Å². The number of hydrogen-bond acceptors (Lipinski definition) is 3. The van der Waals surface area contributed by atoms with Crippen LogP contribution < -0.4 is 15.5 Å². The van der Waals surface area contributed by atoms with Gasteiger partial charge in [-0.1, -0.05) is 36.4 Å². The zero-order chi connectivity index (χ0) is 15.1. The molecule has 5 heteroatoms. The fourth-order valence-electron chi connectivity index (χ4n) is 1.79. The van der Waals surface area contributed by atoms with E-state index in [9.17, 15) is 0 Å². The van der Waals surface area contributed by atoms with Crippen LogP contribution in [0.1, 0.15) is 11.1 Å². The molecule has 0 saturated heterocycles.